The minimum Gasteiger partial charge on any atom is -0.384 e. The summed E-state index contributed by atoms with van der Waals surface area (Å²) < 4.78 is 0. The molecule has 0 radical (unpaired) electrons. The van der Waals surface area contributed by atoms with Crippen molar-refractivity contribution in [3.8, 4) is 0 Å². The number of nitrogens with two attached hydrogens (primary N) is 1. The molecule has 2 atom stereocenters. The van der Waals surface area contributed by atoms with Crippen LogP contribution in [0.4, 0.5) is 0 Å². The summed E-state index contributed by atoms with van der Waals surface area (Å²) in [5.41, 5.74) is 3.69. The monoisotopic (exact) mass is 175 g/mol. The van der Waals surface area contributed by atoms with Gasteiger partial charge in [0.2, 0.25) is 0 Å². The summed E-state index contributed by atoms with van der Waals surface area (Å²) in [5, 5.41) is 27.0. The molecule has 0 aliphatic heterocycles. The topological polar surface area (TPSA) is 104 Å². The molecule has 0 bridgehead atoms. The van der Waals surface area contributed by atoms with Gasteiger partial charge in [-0.15, -0.1) is 0 Å². The molecule has 1 saturated carbocycles. The molecule has 0 aromatic rings. The lowest BCUT2D eigenvalue weighted by Crippen LogP contribution is -2.52. The second kappa shape index (κ2) is 3.10. The zero-order chi connectivity index (χ0) is 9.35. The zero-order valence-corrected chi connectivity index (χ0v) is 6.60. The van der Waals surface area contributed by atoms with Gasteiger partial charge in [-0.1, -0.05) is 0 Å². The number of Topliss-reactive ketones (excluding diaryl/α,β-unsaturated/α-hetero) is 1. The Morgan fingerprint density at radius 3 is 2.58 bits per heavy atom. The molecule has 1 aliphatic carbocycles. The van der Waals surface area contributed by atoms with Crippen LogP contribution < -0.4 is 5.73 Å². The minimum atomic E-state index is -1.87. The van der Waals surface area contributed by atoms with E-state index in [1.807, 2.05) is 0 Å². The van der Waals surface area contributed by atoms with Crippen LogP contribution in [0, 0.1) is 0 Å². The molecular weight excluding hydrogens is 162 g/mol. The van der Waals surface area contributed by atoms with Gasteiger partial charge in [-0.05, 0) is 12.8 Å². The van der Waals surface area contributed by atoms with E-state index in [0.717, 1.165) is 0 Å². The molecule has 1 rings (SSSR count). The smallest absolute Gasteiger partial charge is 0.181 e. The van der Waals surface area contributed by atoms with Gasteiger partial charge in [0.05, 0.1) is 6.04 Å². The van der Waals surface area contributed by atoms with Crippen molar-refractivity contribution in [2.24, 2.45) is 5.73 Å². The van der Waals surface area contributed by atoms with E-state index in [4.69, 9.17) is 15.9 Å². The average Bonchev–Trinajstić information content (AvgIpc) is 1.97. The fourth-order valence-electron chi connectivity index (χ4n) is 1.31. The lowest BCUT2D eigenvalue weighted by atomic mass is 9.81. The number of rotatable bonds is 1. The molecule has 1 aliphatic rings. The summed E-state index contributed by atoms with van der Waals surface area (Å²) in [5.74, 6) is -0.322. The maximum absolute atomic E-state index is 11.0. The summed E-state index contributed by atoms with van der Waals surface area (Å²) in [4.78, 5) is 11.0. The normalized spacial score (nSPS) is 37.4. The van der Waals surface area contributed by atoms with Crippen LogP contribution in [-0.2, 0) is 4.79 Å². The first-order valence-electron chi connectivity index (χ1n) is 3.82. The maximum Gasteiger partial charge on any atom is 0.181 e. The first kappa shape index (κ1) is 9.60. The first-order valence-corrected chi connectivity index (χ1v) is 3.82. The SMILES string of the molecule is NC1CCC(O)(C(O)O)CC1=O. The van der Waals surface area contributed by atoms with Crippen molar-refractivity contribution in [2.45, 2.75) is 37.2 Å². The second-order valence-electron chi connectivity index (χ2n) is 3.27. The van der Waals surface area contributed by atoms with Gasteiger partial charge in [0.15, 0.2) is 12.1 Å². The first-order chi connectivity index (χ1) is 5.46. The number of carbonyl (C=O) groups excluding carboxylic acids is 1. The number of carbonyl (C=O) groups is 1. The van der Waals surface area contributed by atoms with Crippen LogP contribution in [0.5, 0.6) is 0 Å². The summed E-state index contributed by atoms with van der Waals surface area (Å²) in [7, 11) is 0. The third-order valence-corrected chi connectivity index (χ3v) is 2.26. The molecule has 2 unspecified atom stereocenters. The minimum absolute atomic E-state index is 0.150. The van der Waals surface area contributed by atoms with Crippen molar-refractivity contribution in [1.29, 1.82) is 0 Å². The van der Waals surface area contributed by atoms with Crippen LogP contribution >= 0.6 is 0 Å². The molecular formula is C7H13NO4. The van der Waals surface area contributed by atoms with E-state index in [9.17, 15) is 9.90 Å². The predicted octanol–water partition coefficient (Wildman–Crippen LogP) is -1.89. The number of hydrogen-bond acceptors (Lipinski definition) is 5. The summed E-state index contributed by atoms with van der Waals surface area (Å²) in [6.07, 6.45) is -1.69. The number of aliphatic hydroxyl groups is 3. The van der Waals surface area contributed by atoms with E-state index >= 15 is 0 Å². The van der Waals surface area contributed by atoms with E-state index in [-0.39, 0.29) is 18.6 Å². The molecule has 0 heterocycles. The third-order valence-electron chi connectivity index (χ3n) is 2.26. The van der Waals surface area contributed by atoms with E-state index in [2.05, 4.69) is 0 Å². The van der Waals surface area contributed by atoms with Gasteiger partial charge in [-0.2, -0.15) is 0 Å². The van der Waals surface area contributed by atoms with Crippen molar-refractivity contribution in [1.82, 2.24) is 0 Å². The molecule has 0 aromatic heterocycles. The molecule has 0 aromatic carbocycles. The lowest BCUT2D eigenvalue weighted by Gasteiger charge is -2.34. The molecule has 12 heavy (non-hydrogen) atoms. The van der Waals surface area contributed by atoms with Gasteiger partial charge in [0, 0.05) is 6.42 Å². The number of hydrogen-bond donors (Lipinski definition) is 4. The molecule has 0 saturated heterocycles. The lowest BCUT2D eigenvalue weighted by molar-refractivity contribution is -0.197. The highest BCUT2D eigenvalue weighted by molar-refractivity contribution is 5.85. The molecule has 1 fully saturated rings. The van der Waals surface area contributed by atoms with Crippen LogP contribution in [0.2, 0.25) is 0 Å². The Kier molecular flexibility index (Phi) is 2.48. The largest absolute Gasteiger partial charge is 0.384 e. The Hall–Kier alpha value is -0.490. The van der Waals surface area contributed by atoms with Gasteiger partial charge in [0.1, 0.15) is 5.60 Å². The van der Waals surface area contributed by atoms with Gasteiger partial charge in [-0.25, -0.2) is 0 Å². The van der Waals surface area contributed by atoms with Crippen LogP contribution in [0.1, 0.15) is 19.3 Å². The summed E-state index contributed by atoms with van der Waals surface area (Å²) in [6, 6.07) is -0.566. The second-order valence-corrected chi connectivity index (χ2v) is 3.27. The quantitative estimate of drug-likeness (QED) is 0.349. The van der Waals surface area contributed by atoms with Crippen molar-refractivity contribution in [3.05, 3.63) is 0 Å². The van der Waals surface area contributed by atoms with Crippen molar-refractivity contribution in [2.75, 3.05) is 0 Å². The van der Waals surface area contributed by atoms with Gasteiger partial charge in [-0.3, -0.25) is 4.79 Å². The van der Waals surface area contributed by atoms with Crippen LogP contribution in [0.3, 0.4) is 0 Å². The fourth-order valence-corrected chi connectivity index (χ4v) is 1.31. The van der Waals surface area contributed by atoms with E-state index in [1.165, 1.54) is 0 Å². The highest BCUT2D eigenvalue weighted by atomic mass is 16.5. The number of aliphatic hydroxyl groups excluding tert-OH is 1. The number of ketones is 1. The Labute approximate surface area is 69.8 Å². The molecule has 70 valence electrons. The maximum atomic E-state index is 11.0. The highest BCUT2D eigenvalue weighted by Crippen LogP contribution is 2.27. The van der Waals surface area contributed by atoms with E-state index in [0.29, 0.717) is 6.42 Å². The summed E-state index contributed by atoms with van der Waals surface area (Å²) >= 11 is 0. The zero-order valence-electron chi connectivity index (χ0n) is 6.60. The van der Waals surface area contributed by atoms with E-state index < -0.39 is 17.9 Å². The summed E-state index contributed by atoms with van der Waals surface area (Å²) in [6.45, 7) is 0. The standard InChI is InChI=1S/C7H13NO4/c8-4-1-2-7(12,6(10)11)3-5(4)9/h4,6,10-12H,1-3,8H2. The van der Waals surface area contributed by atoms with Gasteiger partial charge in [0.25, 0.3) is 0 Å². The van der Waals surface area contributed by atoms with Crippen LogP contribution in [0.25, 0.3) is 0 Å². The Bertz CT molecular complexity index is 194. The van der Waals surface area contributed by atoms with E-state index in [1.54, 1.807) is 0 Å². The van der Waals surface area contributed by atoms with Gasteiger partial charge < -0.3 is 21.1 Å². The Balaban J connectivity index is 2.67. The van der Waals surface area contributed by atoms with Crippen molar-refractivity contribution < 1.29 is 20.1 Å². The molecule has 5 nitrogen and oxygen atoms in total. The molecule has 5 N–H and O–H groups in total. The van der Waals surface area contributed by atoms with Crippen molar-refractivity contribution in [3.63, 3.8) is 0 Å². The molecule has 0 amide bonds. The van der Waals surface area contributed by atoms with Gasteiger partial charge >= 0.3 is 0 Å². The highest BCUT2D eigenvalue weighted by Gasteiger charge is 2.42. The molecule has 5 heteroatoms. The van der Waals surface area contributed by atoms with Crippen molar-refractivity contribution >= 4 is 5.78 Å². The fraction of sp³-hybridized carbons (Fsp3) is 0.857. The molecule has 0 spiro atoms. The van der Waals surface area contributed by atoms with Crippen LogP contribution in [0.15, 0.2) is 0 Å². The average molecular weight is 175 g/mol. The van der Waals surface area contributed by atoms with Crippen LogP contribution in [-0.4, -0.2) is 39.0 Å². The predicted molar refractivity (Wildman–Crippen MR) is 40.0 cm³/mol. The third kappa shape index (κ3) is 1.64. The Morgan fingerprint density at radius 2 is 2.17 bits per heavy atom. The Morgan fingerprint density at radius 1 is 1.58 bits per heavy atom.